The highest BCUT2D eigenvalue weighted by molar-refractivity contribution is 5.88. The molecule has 0 fully saturated rings. The lowest BCUT2D eigenvalue weighted by atomic mass is 10.2. The number of pyridine rings is 1. The Morgan fingerprint density at radius 1 is 1.00 bits per heavy atom. The van der Waals surface area contributed by atoms with Crippen molar-refractivity contribution in [2.75, 3.05) is 17.3 Å². The van der Waals surface area contributed by atoms with E-state index in [1.807, 2.05) is 18.2 Å². The van der Waals surface area contributed by atoms with E-state index >= 15 is 0 Å². The lowest BCUT2D eigenvalue weighted by Gasteiger charge is -2.17. The summed E-state index contributed by atoms with van der Waals surface area (Å²) in [5.74, 6) is 0.597. The maximum absolute atomic E-state index is 12.6. The quantitative estimate of drug-likeness (QED) is 0.644. The van der Waals surface area contributed by atoms with Crippen molar-refractivity contribution in [3.8, 4) is 5.75 Å². The number of hydrogen-bond donors (Lipinski definition) is 1. The van der Waals surface area contributed by atoms with Crippen LogP contribution in [-0.4, -0.2) is 18.1 Å². The van der Waals surface area contributed by atoms with E-state index in [2.05, 4.69) is 10.3 Å². The van der Waals surface area contributed by atoms with Crippen LogP contribution in [0.5, 0.6) is 5.75 Å². The number of carbonyl (C=O) groups is 1. The molecule has 28 heavy (non-hydrogen) atoms. The monoisotopic (exact) mass is 387 g/mol. The van der Waals surface area contributed by atoms with Crippen LogP contribution in [0, 0.1) is 0 Å². The molecule has 0 aliphatic carbocycles. The summed E-state index contributed by atoms with van der Waals surface area (Å²) >= 11 is 0. The number of nitrogens with one attached hydrogen (secondary N) is 1. The van der Waals surface area contributed by atoms with Crippen molar-refractivity contribution in [1.29, 1.82) is 0 Å². The Balaban J connectivity index is 1.61. The van der Waals surface area contributed by atoms with E-state index in [0.29, 0.717) is 17.1 Å². The van der Waals surface area contributed by atoms with Crippen molar-refractivity contribution in [3.63, 3.8) is 0 Å². The molecular formula is C20H16F3N3O2. The number of para-hydroxylation sites is 1. The molecule has 5 nitrogen and oxygen atoms in total. The van der Waals surface area contributed by atoms with Gasteiger partial charge in [-0.2, -0.15) is 13.2 Å². The lowest BCUT2D eigenvalue weighted by molar-refractivity contribution is -0.137. The summed E-state index contributed by atoms with van der Waals surface area (Å²) < 4.78 is 43.0. The zero-order chi connectivity index (χ0) is 20.1. The normalized spacial score (nSPS) is 11.0. The molecule has 0 bridgehead atoms. The van der Waals surface area contributed by atoms with Crippen LogP contribution < -0.4 is 15.0 Å². The summed E-state index contributed by atoms with van der Waals surface area (Å²) in [5, 5.41) is 2.88. The van der Waals surface area contributed by atoms with Crippen molar-refractivity contribution in [3.05, 3.63) is 78.5 Å². The van der Waals surface area contributed by atoms with Crippen LogP contribution in [0.1, 0.15) is 5.56 Å². The van der Waals surface area contributed by atoms with Gasteiger partial charge in [0.15, 0.2) is 0 Å². The minimum atomic E-state index is -4.43. The van der Waals surface area contributed by atoms with Crippen LogP contribution in [0.25, 0.3) is 0 Å². The number of rotatable bonds is 4. The van der Waals surface area contributed by atoms with Gasteiger partial charge in [-0.1, -0.05) is 18.2 Å². The Labute approximate surface area is 159 Å². The van der Waals surface area contributed by atoms with Gasteiger partial charge in [-0.05, 0) is 48.5 Å². The van der Waals surface area contributed by atoms with E-state index in [9.17, 15) is 18.0 Å². The number of carbonyl (C=O) groups excluding carboxylic acids is 1. The fourth-order valence-corrected chi connectivity index (χ4v) is 2.32. The maximum Gasteiger partial charge on any atom is 0.419 e. The minimum absolute atomic E-state index is 0.265. The molecular weight excluding hydrogens is 371 g/mol. The van der Waals surface area contributed by atoms with Crippen LogP contribution in [0.3, 0.4) is 0 Å². The Kier molecular flexibility index (Phi) is 5.49. The number of nitrogens with zero attached hydrogens (tertiary/aromatic N) is 2. The highest BCUT2D eigenvalue weighted by atomic mass is 19.4. The van der Waals surface area contributed by atoms with E-state index in [4.69, 9.17) is 4.74 Å². The third-order valence-electron chi connectivity index (χ3n) is 3.84. The summed E-state index contributed by atoms with van der Waals surface area (Å²) in [6.45, 7) is 0. The summed E-state index contributed by atoms with van der Waals surface area (Å²) in [4.78, 5) is 17.3. The van der Waals surface area contributed by atoms with E-state index in [0.717, 1.165) is 12.3 Å². The van der Waals surface area contributed by atoms with Gasteiger partial charge in [0.25, 0.3) is 0 Å². The fourth-order valence-electron chi connectivity index (χ4n) is 2.32. The highest BCUT2D eigenvalue weighted by Gasteiger charge is 2.30. The summed E-state index contributed by atoms with van der Waals surface area (Å²) in [6, 6.07) is 17.6. The molecule has 1 heterocycles. The largest absolute Gasteiger partial charge is 0.419 e. The Morgan fingerprint density at radius 3 is 2.25 bits per heavy atom. The van der Waals surface area contributed by atoms with Crippen molar-refractivity contribution in [2.24, 2.45) is 0 Å². The second-order valence-electron chi connectivity index (χ2n) is 5.84. The number of amides is 1. The number of anilines is 3. The summed E-state index contributed by atoms with van der Waals surface area (Å²) in [6.07, 6.45) is -4.21. The molecule has 0 saturated carbocycles. The molecule has 144 valence electrons. The second-order valence-corrected chi connectivity index (χ2v) is 5.84. The molecule has 1 aromatic heterocycles. The second kappa shape index (κ2) is 7.99. The zero-order valence-electron chi connectivity index (χ0n) is 14.8. The van der Waals surface area contributed by atoms with Crippen LogP contribution in [0.4, 0.5) is 35.2 Å². The number of halogens is 3. The number of aromatic nitrogens is 1. The van der Waals surface area contributed by atoms with Crippen LogP contribution in [0.15, 0.2) is 72.9 Å². The first-order valence-corrected chi connectivity index (χ1v) is 8.24. The SMILES string of the molecule is CN(C(=O)Oc1ccc(Nc2ccc(C(F)(F)F)cn2)cc1)c1ccccc1. The molecule has 3 aromatic rings. The van der Waals surface area contributed by atoms with Gasteiger partial charge in [-0.3, -0.25) is 4.90 Å². The Hall–Kier alpha value is -3.55. The number of hydrogen-bond acceptors (Lipinski definition) is 4. The zero-order valence-corrected chi connectivity index (χ0v) is 14.8. The van der Waals surface area contributed by atoms with Crippen molar-refractivity contribution < 1.29 is 22.7 Å². The fraction of sp³-hybridized carbons (Fsp3) is 0.100. The third-order valence-corrected chi connectivity index (χ3v) is 3.84. The first-order valence-electron chi connectivity index (χ1n) is 8.24. The van der Waals surface area contributed by atoms with Gasteiger partial charge in [0.05, 0.1) is 5.56 Å². The van der Waals surface area contributed by atoms with Gasteiger partial charge >= 0.3 is 12.3 Å². The third kappa shape index (κ3) is 4.79. The van der Waals surface area contributed by atoms with E-state index < -0.39 is 17.8 Å². The molecule has 1 N–H and O–H groups in total. The van der Waals surface area contributed by atoms with Gasteiger partial charge in [-0.15, -0.1) is 0 Å². The molecule has 8 heteroatoms. The Bertz CT molecular complexity index is 928. The molecule has 1 amide bonds. The highest BCUT2D eigenvalue weighted by Crippen LogP contribution is 2.29. The number of benzene rings is 2. The standard InChI is InChI=1S/C20H16F3N3O2/c1-26(16-5-3-2-4-6-16)19(27)28-17-10-8-15(9-11-17)25-18-12-7-14(13-24-18)20(21,22)23/h2-13H,1H3,(H,24,25). The molecule has 0 radical (unpaired) electrons. The maximum atomic E-state index is 12.6. The number of alkyl halides is 3. The Morgan fingerprint density at radius 2 is 1.68 bits per heavy atom. The molecule has 2 aromatic carbocycles. The number of ether oxygens (including phenoxy) is 1. The van der Waals surface area contributed by atoms with Gasteiger partial charge in [0, 0.05) is 24.6 Å². The van der Waals surface area contributed by atoms with Crippen molar-refractivity contribution >= 4 is 23.3 Å². The van der Waals surface area contributed by atoms with Crippen LogP contribution in [-0.2, 0) is 6.18 Å². The van der Waals surface area contributed by atoms with Gasteiger partial charge in [0.1, 0.15) is 11.6 Å². The molecule has 0 aliphatic heterocycles. The topological polar surface area (TPSA) is 54.5 Å². The van der Waals surface area contributed by atoms with Gasteiger partial charge < -0.3 is 10.1 Å². The van der Waals surface area contributed by atoms with E-state index in [1.165, 1.54) is 11.0 Å². The van der Waals surface area contributed by atoms with E-state index in [-0.39, 0.29) is 5.82 Å². The minimum Gasteiger partial charge on any atom is -0.410 e. The van der Waals surface area contributed by atoms with Crippen LogP contribution >= 0.6 is 0 Å². The van der Waals surface area contributed by atoms with Crippen molar-refractivity contribution in [2.45, 2.75) is 6.18 Å². The predicted octanol–water partition coefficient (Wildman–Crippen LogP) is 5.48. The molecule has 0 spiro atoms. The van der Waals surface area contributed by atoms with Gasteiger partial charge in [-0.25, -0.2) is 9.78 Å². The first-order chi connectivity index (χ1) is 13.3. The van der Waals surface area contributed by atoms with Gasteiger partial charge in [0.2, 0.25) is 0 Å². The molecule has 0 unspecified atom stereocenters. The summed E-state index contributed by atoms with van der Waals surface area (Å²) in [7, 11) is 1.60. The van der Waals surface area contributed by atoms with Crippen LogP contribution in [0.2, 0.25) is 0 Å². The average molecular weight is 387 g/mol. The smallest absolute Gasteiger partial charge is 0.410 e. The molecule has 0 aliphatic rings. The molecule has 0 atom stereocenters. The average Bonchev–Trinajstić information content (AvgIpc) is 2.69. The predicted molar refractivity (Wildman–Crippen MR) is 99.8 cm³/mol. The molecule has 0 saturated heterocycles. The lowest BCUT2D eigenvalue weighted by Crippen LogP contribution is -2.29. The first kappa shape index (κ1) is 19.2. The van der Waals surface area contributed by atoms with Crippen molar-refractivity contribution in [1.82, 2.24) is 4.98 Å². The summed E-state index contributed by atoms with van der Waals surface area (Å²) in [5.41, 5.74) is 0.463. The molecule has 3 rings (SSSR count). The van der Waals surface area contributed by atoms with E-state index in [1.54, 1.807) is 43.4 Å².